The Morgan fingerprint density at radius 1 is 1.13 bits per heavy atom. The van der Waals surface area contributed by atoms with E-state index in [-0.39, 0.29) is 12.5 Å². The molecule has 0 fully saturated rings. The molecule has 2 aromatic rings. The molecule has 2 rings (SSSR count). The van der Waals surface area contributed by atoms with Crippen LogP contribution in [0.25, 0.3) is 0 Å². The lowest BCUT2D eigenvalue weighted by Gasteiger charge is -2.13. The number of amides is 1. The molecule has 0 unspecified atom stereocenters. The van der Waals surface area contributed by atoms with Crippen molar-refractivity contribution in [1.82, 2.24) is 0 Å². The highest BCUT2D eigenvalue weighted by Crippen LogP contribution is 2.24. The molecule has 3 nitrogen and oxygen atoms in total. The van der Waals surface area contributed by atoms with Crippen LogP contribution in [0.4, 0.5) is 5.69 Å². The van der Waals surface area contributed by atoms with Crippen molar-refractivity contribution >= 4 is 27.5 Å². The van der Waals surface area contributed by atoms with E-state index in [1.807, 2.05) is 44.2 Å². The van der Waals surface area contributed by atoms with Gasteiger partial charge >= 0.3 is 0 Å². The van der Waals surface area contributed by atoms with Crippen LogP contribution in [0.1, 0.15) is 36.5 Å². The van der Waals surface area contributed by atoms with Crippen molar-refractivity contribution < 1.29 is 9.53 Å². The molecule has 2 aromatic carbocycles. The summed E-state index contributed by atoms with van der Waals surface area (Å²) >= 11 is 3.45. The fraction of sp³-hybridized carbons (Fsp3) is 0.316. The number of rotatable bonds is 5. The normalized spacial score (nSPS) is 10.7. The predicted molar refractivity (Wildman–Crippen MR) is 98.3 cm³/mol. The molecule has 1 N–H and O–H groups in total. The predicted octanol–water partition coefficient (Wildman–Crippen LogP) is 5.21. The van der Waals surface area contributed by atoms with Gasteiger partial charge in [-0.3, -0.25) is 4.79 Å². The van der Waals surface area contributed by atoms with Crippen molar-refractivity contribution in [1.29, 1.82) is 0 Å². The van der Waals surface area contributed by atoms with E-state index >= 15 is 0 Å². The number of benzene rings is 2. The highest BCUT2D eigenvalue weighted by Gasteiger charge is 2.08. The van der Waals surface area contributed by atoms with E-state index in [2.05, 4.69) is 41.2 Å². The molecule has 0 atom stereocenters. The summed E-state index contributed by atoms with van der Waals surface area (Å²) in [5.41, 5.74) is 4.08. The van der Waals surface area contributed by atoms with E-state index in [0.717, 1.165) is 27.0 Å². The van der Waals surface area contributed by atoms with Crippen molar-refractivity contribution in [3.05, 3.63) is 57.6 Å². The molecule has 0 heterocycles. The average Bonchev–Trinajstić information content (AvgIpc) is 2.50. The quantitative estimate of drug-likeness (QED) is 0.778. The van der Waals surface area contributed by atoms with Gasteiger partial charge in [0.25, 0.3) is 5.91 Å². The summed E-state index contributed by atoms with van der Waals surface area (Å²) < 4.78 is 6.72. The number of carbonyl (C=O) groups is 1. The number of hydrogen-bond donors (Lipinski definition) is 1. The zero-order valence-corrected chi connectivity index (χ0v) is 15.5. The molecule has 0 aliphatic rings. The van der Waals surface area contributed by atoms with Crippen molar-refractivity contribution in [2.24, 2.45) is 0 Å². The molecule has 0 spiro atoms. The Morgan fingerprint density at radius 2 is 1.87 bits per heavy atom. The summed E-state index contributed by atoms with van der Waals surface area (Å²) in [6, 6.07) is 11.8. The Kier molecular flexibility index (Phi) is 5.83. The Bertz CT molecular complexity index is 711. The lowest BCUT2D eigenvalue weighted by Crippen LogP contribution is -2.20. The van der Waals surface area contributed by atoms with E-state index in [0.29, 0.717) is 5.92 Å². The molecule has 0 aromatic heterocycles. The molecule has 0 saturated carbocycles. The van der Waals surface area contributed by atoms with Crippen LogP contribution < -0.4 is 10.1 Å². The second-order valence-corrected chi connectivity index (χ2v) is 6.83. The third-order valence-corrected chi connectivity index (χ3v) is 4.57. The van der Waals surface area contributed by atoms with Gasteiger partial charge in [0.05, 0.1) is 0 Å². The van der Waals surface area contributed by atoms with E-state index < -0.39 is 0 Å². The largest absolute Gasteiger partial charge is 0.483 e. The van der Waals surface area contributed by atoms with Crippen LogP contribution in [0.3, 0.4) is 0 Å². The summed E-state index contributed by atoms with van der Waals surface area (Å²) in [4.78, 5) is 12.1. The van der Waals surface area contributed by atoms with E-state index in [4.69, 9.17) is 4.74 Å². The number of carbonyl (C=O) groups excluding carboxylic acids is 1. The molecule has 0 saturated heterocycles. The third kappa shape index (κ3) is 4.83. The zero-order valence-electron chi connectivity index (χ0n) is 13.9. The van der Waals surface area contributed by atoms with Crippen LogP contribution in [0, 0.1) is 13.8 Å². The van der Waals surface area contributed by atoms with Gasteiger partial charge in [-0.05, 0) is 60.7 Å². The highest BCUT2D eigenvalue weighted by atomic mass is 79.9. The fourth-order valence-electron chi connectivity index (χ4n) is 2.19. The molecular formula is C19H22BrNO2. The van der Waals surface area contributed by atoms with Gasteiger partial charge in [-0.15, -0.1) is 0 Å². The van der Waals surface area contributed by atoms with Crippen LogP contribution in [0.5, 0.6) is 5.75 Å². The summed E-state index contributed by atoms with van der Waals surface area (Å²) in [6.07, 6.45) is 0. The van der Waals surface area contributed by atoms with Gasteiger partial charge in [-0.2, -0.15) is 0 Å². The fourth-order valence-corrected chi connectivity index (χ4v) is 2.44. The van der Waals surface area contributed by atoms with Gasteiger partial charge in [0.2, 0.25) is 0 Å². The molecule has 0 aliphatic carbocycles. The van der Waals surface area contributed by atoms with E-state index in [1.54, 1.807) is 0 Å². The number of hydrogen-bond acceptors (Lipinski definition) is 2. The minimum absolute atomic E-state index is 0.00248. The smallest absolute Gasteiger partial charge is 0.262 e. The molecule has 122 valence electrons. The van der Waals surface area contributed by atoms with Crippen LogP contribution in [-0.4, -0.2) is 12.5 Å². The number of nitrogens with one attached hydrogen (secondary N) is 1. The van der Waals surface area contributed by atoms with Gasteiger partial charge in [0.15, 0.2) is 6.61 Å². The van der Waals surface area contributed by atoms with Crippen LogP contribution in [0.2, 0.25) is 0 Å². The van der Waals surface area contributed by atoms with Crippen LogP contribution in [0.15, 0.2) is 40.9 Å². The second-order valence-electron chi connectivity index (χ2n) is 5.98. The topological polar surface area (TPSA) is 38.3 Å². The average molecular weight is 376 g/mol. The summed E-state index contributed by atoms with van der Waals surface area (Å²) in [5.74, 6) is 1.02. The summed E-state index contributed by atoms with van der Waals surface area (Å²) in [5, 5.41) is 2.85. The van der Waals surface area contributed by atoms with Crippen LogP contribution in [-0.2, 0) is 4.79 Å². The van der Waals surface area contributed by atoms with Crippen molar-refractivity contribution in [2.75, 3.05) is 11.9 Å². The number of anilines is 1. The zero-order chi connectivity index (χ0) is 17.0. The van der Waals surface area contributed by atoms with Crippen molar-refractivity contribution in [3.63, 3.8) is 0 Å². The first kappa shape index (κ1) is 17.5. The standard InChI is InChI=1S/C19H22BrNO2/c1-12(2)15-6-5-13(3)18(10-15)23-11-19(22)21-16-7-8-17(20)14(4)9-16/h5-10,12H,11H2,1-4H3,(H,21,22). The van der Waals surface area contributed by atoms with Crippen molar-refractivity contribution in [3.8, 4) is 5.75 Å². The Labute approximate surface area is 146 Å². The van der Waals surface area contributed by atoms with Gasteiger partial charge in [0, 0.05) is 10.2 Å². The third-order valence-electron chi connectivity index (χ3n) is 3.68. The lowest BCUT2D eigenvalue weighted by atomic mass is 10.0. The van der Waals surface area contributed by atoms with Gasteiger partial charge in [0.1, 0.15) is 5.75 Å². The van der Waals surface area contributed by atoms with Gasteiger partial charge in [-0.25, -0.2) is 0 Å². The Balaban J connectivity index is 1.99. The minimum atomic E-state index is -0.166. The number of aryl methyl sites for hydroxylation is 2. The Hall–Kier alpha value is -1.81. The summed E-state index contributed by atoms with van der Waals surface area (Å²) in [6.45, 7) is 8.23. The molecule has 1 amide bonds. The minimum Gasteiger partial charge on any atom is -0.483 e. The van der Waals surface area contributed by atoms with E-state index in [1.165, 1.54) is 5.56 Å². The molecule has 23 heavy (non-hydrogen) atoms. The SMILES string of the molecule is Cc1cc(NC(=O)COc2cc(C(C)C)ccc2C)ccc1Br. The maximum atomic E-state index is 12.1. The first-order valence-electron chi connectivity index (χ1n) is 7.66. The highest BCUT2D eigenvalue weighted by molar-refractivity contribution is 9.10. The first-order valence-corrected chi connectivity index (χ1v) is 8.45. The van der Waals surface area contributed by atoms with Gasteiger partial charge in [-0.1, -0.05) is 41.9 Å². The maximum Gasteiger partial charge on any atom is 0.262 e. The van der Waals surface area contributed by atoms with E-state index in [9.17, 15) is 4.79 Å². The molecule has 0 bridgehead atoms. The molecular weight excluding hydrogens is 354 g/mol. The second kappa shape index (κ2) is 7.64. The van der Waals surface area contributed by atoms with Crippen LogP contribution >= 0.6 is 15.9 Å². The Morgan fingerprint density at radius 3 is 2.52 bits per heavy atom. The number of halogens is 1. The monoisotopic (exact) mass is 375 g/mol. The summed E-state index contributed by atoms with van der Waals surface area (Å²) in [7, 11) is 0. The van der Waals surface area contributed by atoms with Crippen molar-refractivity contribution in [2.45, 2.75) is 33.6 Å². The number of ether oxygens (including phenoxy) is 1. The lowest BCUT2D eigenvalue weighted by molar-refractivity contribution is -0.118. The van der Waals surface area contributed by atoms with Gasteiger partial charge < -0.3 is 10.1 Å². The maximum absolute atomic E-state index is 12.1. The molecule has 0 radical (unpaired) electrons. The molecule has 0 aliphatic heterocycles. The molecule has 4 heteroatoms. The first-order chi connectivity index (χ1) is 10.9.